The smallest absolute Gasteiger partial charge is 0.257 e. The standard InChI is InChI=1S/C15H16ClN5O2/c1-8(17-9(2)14-20-19-10(3)22-14)13-18-15(23-21-13)11-4-6-12(16)7-5-11/h4-9,17H,1-3H3/t8-,9-/m1/s1. The molecule has 0 radical (unpaired) electrons. The second-order valence-electron chi connectivity index (χ2n) is 5.23. The molecule has 3 aromatic rings. The van der Waals surface area contributed by atoms with Gasteiger partial charge in [-0.25, -0.2) is 0 Å². The van der Waals surface area contributed by atoms with E-state index in [1.807, 2.05) is 26.0 Å². The lowest BCUT2D eigenvalue weighted by atomic mass is 10.2. The highest BCUT2D eigenvalue weighted by molar-refractivity contribution is 6.30. The maximum Gasteiger partial charge on any atom is 0.257 e. The molecule has 0 spiro atoms. The van der Waals surface area contributed by atoms with Gasteiger partial charge in [-0.15, -0.1) is 10.2 Å². The number of hydrogen-bond acceptors (Lipinski definition) is 7. The molecule has 0 aliphatic carbocycles. The van der Waals surface area contributed by atoms with Crippen molar-refractivity contribution in [1.29, 1.82) is 0 Å². The van der Waals surface area contributed by atoms with E-state index in [1.165, 1.54) is 0 Å². The molecule has 0 aliphatic heterocycles. The van der Waals surface area contributed by atoms with Crippen molar-refractivity contribution in [3.8, 4) is 11.5 Å². The van der Waals surface area contributed by atoms with Crippen molar-refractivity contribution >= 4 is 11.6 Å². The lowest BCUT2D eigenvalue weighted by Gasteiger charge is -2.13. The fourth-order valence-electron chi connectivity index (χ4n) is 2.13. The lowest BCUT2D eigenvalue weighted by molar-refractivity contribution is 0.362. The zero-order chi connectivity index (χ0) is 16.4. The van der Waals surface area contributed by atoms with Crippen LogP contribution in [0.4, 0.5) is 0 Å². The molecule has 1 N–H and O–H groups in total. The fourth-order valence-corrected chi connectivity index (χ4v) is 2.25. The van der Waals surface area contributed by atoms with Gasteiger partial charge in [0.1, 0.15) is 0 Å². The molecule has 2 atom stereocenters. The summed E-state index contributed by atoms with van der Waals surface area (Å²) in [6, 6.07) is 6.97. The number of benzene rings is 1. The van der Waals surface area contributed by atoms with Crippen LogP contribution in [0.25, 0.3) is 11.5 Å². The molecule has 0 aliphatic rings. The lowest BCUT2D eigenvalue weighted by Crippen LogP contribution is -2.23. The van der Waals surface area contributed by atoms with Crippen molar-refractivity contribution < 1.29 is 8.94 Å². The molecule has 0 amide bonds. The van der Waals surface area contributed by atoms with Gasteiger partial charge in [0.2, 0.25) is 11.8 Å². The van der Waals surface area contributed by atoms with Crippen LogP contribution in [0.3, 0.4) is 0 Å². The van der Waals surface area contributed by atoms with Crippen LogP contribution in [0.5, 0.6) is 0 Å². The average molecular weight is 334 g/mol. The highest BCUT2D eigenvalue weighted by atomic mass is 35.5. The normalized spacial score (nSPS) is 13.9. The number of aryl methyl sites for hydroxylation is 1. The first-order valence-electron chi connectivity index (χ1n) is 7.18. The number of halogens is 1. The van der Waals surface area contributed by atoms with Gasteiger partial charge in [-0.1, -0.05) is 16.8 Å². The Bertz CT molecular complexity index is 783. The largest absolute Gasteiger partial charge is 0.424 e. The van der Waals surface area contributed by atoms with E-state index in [9.17, 15) is 0 Å². The van der Waals surface area contributed by atoms with Gasteiger partial charge in [-0.2, -0.15) is 4.98 Å². The Hall–Kier alpha value is -2.25. The Morgan fingerprint density at radius 3 is 2.48 bits per heavy atom. The van der Waals surface area contributed by atoms with Crippen LogP contribution in [0.2, 0.25) is 5.02 Å². The summed E-state index contributed by atoms with van der Waals surface area (Å²) in [4.78, 5) is 4.41. The van der Waals surface area contributed by atoms with E-state index in [4.69, 9.17) is 20.5 Å². The van der Waals surface area contributed by atoms with Gasteiger partial charge < -0.3 is 8.94 Å². The zero-order valence-corrected chi connectivity index (χ0v) is 13.7. The molecule has 0 fully saturated rings. The van der Waals surface area contributed by atoms with E-state index in [-0.39, 0.29) is 12.1 Å². The van der Waals surface area contributed by atoms with E-state index in [2.05, 4.69) is 25.7 Å². The molecule has 0 bridgehead atoms. The summed E-state index contributed by atoms with van der Waals surface area (Å²) in [5, 5.41) is 15.8. The minimum absolute atomic E-state index is 0.122. The van der Waals surface area contributed by atoms with E-state index in [0.29, 0.717) is 28.5 Å². The fraction of sp³-hybridized carbons (Fsp3) is 0.333. The van der Waals surface area contributed by atoms with Crippen LogP contribution in [0, 0.1) is 6.92 Å². The second kappa shape index (κ2) is 6.47. The Balaban J connectivity index is 1.70. The Kier molecular flexibility index (Phi) is 4.40. The molecule has 3 rings (SSSR count). The van der Waals surface area contributed by atoms with Gasteiger partial charge in [0, 0.05) is 17.5 Å². The molecule has 2 aromatic heterocycles. The van der Waals surface area contributed by atoms with E-state index in [0.717, 1.165) is 5.56 Å². The minimum atomic E-state index is -0.137. The first-order chi connectivity index (χ1) is 11.0. The number of aromatic nitrogens is 4. The molecule has 8 heteroatoms. The molecule has 2 heterocycles. The third-order valence-corrected chi connectivity index (χ3v) is 3.58. The van der Waals surface area contributed by atoms with Crippen LogP contribution in [0.15, 0.2) is 33.2 Å². The van der Waals surface area contributed by atoms with E-state index < -0.39 is 0 Å². The van der Waals surface area contributed by atoms with Crippen molar-refractivity contribution in [3.63, 3.8) is 0 Å². The number of nitrogens with zero attached hydrogens (tertiary/aromatic N) is 4. The van der Waals surface area contributed by atoms with Crippen LogP contribution in [0.1, 0.15) is 43.5 Å². The van der Waals surface area contributed by atoms with Crippen LogP contribution >= 0.6 is 11.6 Å². The monoisotopic (exact) mass is 333 g/mol. The summed E-state index contributed by atoms with van der Waals surface area (Å²) in [7, 11) is 0. The summed E-state index contributed by atoms with van der Waals surface area (Å²) in [5.41, 5.74) is 0.820. The summed E-state index contributed by atoms with van der Waals surface area (Å²) < 4.78 is 10.7. The quantitative estimate of drug-likeness (QED) is 0.764. The molecule has 7 nitrogen and oxygen atoms in total. The maximum absolute atomic E-state index is 5.88. The third kappa shape index (κ3) is 3.57. The first kappa shape index (κ1) is 15.6. The Morgan fingerprint density at radius 2 is 1.83 bits per heavy atom. The van der Waals surface area contributed by atoms with Gasteiger partial charge in [-0.05, 0) is 38.1 Å². The second-order valence-corrected chi connectivity index (χ2v) is 5.67. The molecule has 0 unspecified atom stereocenters. The number of rotatable bonds is 5. The van der Waals surface area contributed by atoms with Crippen molar-refractivity contribution in [3.05, 3.63) is 46.9 Å². The van der Waals surface area contributed by atoms with Crippen molar-refractivity contribution in [2.45, 2.75) is 32.9 Å². The molecule has 0 saturated carbocycles. The van der Waals surface area contributed by atoms with Crippen LogP contribution < -0.4 is 5.32 Å². The average Bonchev–Trinajstić information content (AvgIpc) is 3.17. The SMILES string of the molecule is Cc1nnc([C@@H](C)N[C@H](C)c2noc(-c3ccc(Cl)cc3)n2)o1. The van der Waals surface area contributed by atoms with Gasteiger partial charge in [-0.3, -0.25) is 5.32 Å². The minimum Gasteiger partial charge on any atom is -0.424 e. The van der Waals surface area contributed by atoms with Crippen LogP contribution in [-0.2, 0) is 0 Å². The van der Waals surface area contributed by atoms with Gasteiger partial charge >= 0.3 is 0 Å². The van der Waals surface area contributed by atoms with Crippen LogP contribution in [-0.4, -0.2) is 20.3 Å². The third-order valence-electron chi connectivity index (χ3n) is 3.33. The highest BCUT2D eigenvalue weighted by Crippen LogP contribution is 2.22. The highest BCUT2D eigenvalue weighted by Gasteiger charge is 2.20. The van der Waals surface area contributed by atoms with Crippen molar-refractivity contribution in [2.24, 2.45) is 0 Å². The topological polar surface area (TPSA) is 89.9 Å². The first-order valence-corrected chi connectivity index (χ1v) is 7.56. The number of hydrogen-bond donors (Lipinski definition) is 1. The zero-order valence-electron chi connectivity index (χ0n) is 12.9. The van der Waals surface area contributed by atoms with Gasteiger partial charge in [0.05, 0.1) is 12.1 Å². The maximum atomic E-state index is 5.88. The predicted molar refractivity (Wildman–Crippen MR) is 83.7 cm³/mol. The van der Waals surface area contributed by atoms with Crippen molar-refractivity contribution in [1.82, 2.24) is 25.7 Å². The molecular weight excluding hydrogens is 318 g/mol. The Morgan fingerprint density at radius 1 is 1.09 bits per heavy atom. The summed E-state index contributed by atoms with van der Waals surface area (Å²) >= 11 is 5.88. The van der Waals surface area contributed by atoms with Gasteiger partial charge in [0.15, 0.2) is 5.82 Å². The predicted octanol–water partition coefficient (Wildman–Crippen LogP) is 3.49. The summed E-state index contributed by atoms with van der Waals surface area (Å²) in [6.07, 6.45) is 0. The van der Waals surface area contributed by atoms with E-state index in [1.54, 1.807) is 19.1 Å². The Labute approximate surface area is 138 Å². The molecular formula is C15H16ClN5O2. The van der Waals surface area contributed by atoms with Crippen molar-refractivity contribution in [2.75, 3.05) is 0 Å². The van der Waals surface area contributed by atoms with E-state index >= 15 is 0 Å². The van der Waals surface area contributed by atoms with Gasteiger partial charge in [0.25, 0.3) is 5.89 Å². The summed E-state index contributed by atoms with van der Waals surface area (Å²) in [6.45, 7) is 5.63. The molecule has 1 aromatic carbocycles. The molecule has 120 valence electrons. The molecule has 23 heavy (non-hydrogen) atoms. The molecule has 0 saturated heterocycles. The number of nitrogens with one attached hydrogen (secondary N) is 1. The summed E-state index contributed by atoms with van der Waals surface area (Å²) in [5.74, 6) is 2.06.